The highest BCUT2D eigenvalue weighted by molar-refractivity contribution is 5.96. The van der Waals surface area contributed by atoms with Crippen LogP contribution in [0.3, 0.4) is 0 Å². The highest BCUT2D eigenvalue weighted by Gasteiger charge is 2.17. The fourth-order valence-corrected chi connectivity index (χ4v) is 2.17. The molecule has 0 fully saturated rings. The third kappa shape index (κ3) is 4.66. The van der Waals surface area contributed by atoms with Crippen molar-refractivity contribution in [2.45, 2.75) is 26.0 Å². The first-order valence-corrected chi connectivity index (χ1v) is 7.26. The van der Waals surface area contributed by atoms with Crippen LogP contribution >= 0.6 is 0 Å². The monoisotopic (exact) mass is 313 g/mol. The highest BCUT2D eigenvalue weighted by atomic mass is 16.5. The van der Waals surface area contributed by atoms with Crippen LogP contribution in [-0.4, -0.2) is 22.9 Å². The molecule has 1 atom stereocenters. The SMILES string of the molecule is CC(=O)c1cc(C[C@H](N)C(=O)OCc2ccccc2)ccc1O. The van der Waals surface area contributed by atoms with E-state index in [1.165, 1.54) is 13.0 Å². The lowest BCUT2D eigenvalue weighted by atomic mass is 10.0. The molecule has 0 aliphatic rings. The Morgan fingerprint density at radius 3 is 2.48 bits per heavy atom. The molecular weight excluding hydrogens is 294 g/mol. The average molecular weight is 313 g/mol. The van der Waals surface area contributed by atoms with Gasteiger partial charge in [0.05, 0.1) is 5.56 Å². The van der Waals surface area contributed by atoms with E-state index >= 15 is 0 Å². The predicted molar refractivity (Wildman–Crippen MR) is 86.0 cm³/mol. The van der Waals surface area contributed by atoms with Gasteiger partial charge in [0.2, 0.25) is 0 Å². The van der Waals surface area contributed by atoms with Gasteiger partial charge in [-0.15, -0.1) is 0 Å². The van der Waals surface area contributed by atoms with Crippen LogP contribution in [0.15, 0.2) is 48.5 Å². The topological polar surface area (TPSA) is 89.6 Å². The maximum Gasteiger partial charge on any atom is 0.323 e. The largest absolute Gasteiger partial charge is 0.507 e. The molecule has 0 saturated heterocycles. The second-order valence-electron chi connectivity index (χ2n) is 5.31. The van der Waals surface area contributed by atoms with Gasteiger partial charge in [-0.05, 0) is 36.6 Å². The molecule has 0 heterocycles. The first kappa shape index (κ1) is 16.7. The molecule has 120 valence electrons. The standard InChI is InChI=1S/C18H19NO4/c1-12(20)15-9-14(7-8-17(15)21)10-16(19)18(22)23-11-13-5-3-2-4-6-13/h2-9,16,21H,10-11,19H2,1H3/t16-/m0/s1. The number of hydrogen-bond donors (Lipinski definition) is 2. The minimum Gasteiger partial charge on any atom is -0.507 e. The Morgan fingerprint density at radius 2 is 1.83 bits per heavy atom. The van der Waals surface area contributed by atoms with E-state index in [9.17, 15) is 14.7 Å². The summed E-state index contributed by atoms with van der Waals surface area (Å²) < 4.78 is 5.18. The summed E-state index contributed by atoms with van der Waals surface area (Å²) in [5.41, 5.74) is 7.65. The molecule has 0 aromatic heterocycles. The molecule has 0 bridgehead atoms. The van der Waals surface area contributed by atoms with Gasteiger partial charge in [0, 0.05) is 0 Å². The molecule has 5 nitrogen and oxygen atoms in total. The number of hydrogen-bond acceptors (Lipinski definition) is 5. The Balaban J connectivity index is 1.95. The smallest absolute Gasteiger partial charge is 0.323 e. The summed E-state index contributed by atoms with van der Waals surface area (Å²) in [6, 6.07) is 13.1. The molecule has 2 aromatic carbocycles. The van der Waals surface area contributed by atoms with Crippen molar-refractivity contribution in [3.8, 4) is 5.75 Å². The Kier molecular flexibility index (Phi) is 5.49. The Hall–Kier alpha value is -2.66. The van der Waals surface area contributed by atoms with Crippen LogP contribution < -0.4 is 5.73 Å². The van der Waals surface area contributed by atoms with Crippen molar-refractivity contribution < 1.29 is 19.4 Å². The zero-order chi connectivity index (χ0) is 16.8. The highest BCUT2D eigenvalue weighted by Crippen LogP contribution is 2.20. The predicted octanol–water partition coefficient (Wildman–Crippen LogP) is 2.21. The van der Waals surface area contributed by atoms with Gasteiger partial charge in [-0.1, -0.05) is 36.4 Å². The molecule has 5 heteroatoms. The minimum atomic E-state index is -0.830. The zero-order valence-electron chi connectivity index (χ0n) is 12.9. The Labute approximate surface area is 134 Å². The normalized spacial score (nSPS) is 11.7. The molecule has 3 N–H and O–H groups in total. The number of carbonyl (C=O) groups excluding carboxylic acids is 2. The summed E-state index contributed by atoms with van der Waals surface area (Å²) in [6.07, 6.45) is 0.230. The van der Waals surface area contributed by atoms with Crippen LogP contribution in [0.4, 0.5) is 0 Å². The maximum atomic E-state index is 11.9. The molecule has 2 rings (SSSR count). The van der Waals surface area contributed by atoms with Gasteiger partial charge in [-0.25, -0.2) is 0 Å². The van der Waals surface area contributed by atoms with Crippen molar-refractivity contribution in [2.24, 2.45) is 5.73 Å². The third-order valence-electron chi connectivity index (χ3n) is 3.42. The number of benzene rings is 2. The van der Waals surface area contributed by atoms with E-state index in [0.717, 1.165) is 5.56 Å². The number of carbonyl (C=O) groups is 2. The maximum absolute atomic E-state index is 11.9. The van der Waals surface area contributed by atoms with Crippen LogP contribution in [0.2, 0.25) is 0 Å². The van der Waals surface area contributed by atoms with E-state index < -0.39 is 12.0 Å². The number of esters is 1. The molecule has 0 unspecified atom stereocenters. The quantitative estimate of drug-likeness (QED) is 0.630. The van der Waals surface area contributed by atoms with Gasteiger partial charge in [0.1, 0.15) is 18.4 Å². The molecule has 0 saturated carbocycles. The van der Waals surface area contributed by atoms with E-state index in [1.807, 2.05) is 30.3 Å². The van der Waals surface area contributed by atoms with E-state index in [4.69, 9.17) is 10.5 Å². The van der Waals surface area contributed by atoms with Gasteiger partial charge < -0.3 is 15.6 Å². The van der Waals surface area contributed by atoms with Crippen LogP contribution in [0.5, 0.6) is 5.75 Å². The number of phenolic OH excluding ortho intramolecular Hbond substituents is 1. The fraction of sp³-hybridized carbons (Fsp3) is 0.222. The van der Waals surface area contributed by atoms with Gasteiger partial charge >= 0.3 is 5.97 Å². The second kappa shape index (κ2) is 7.56. The Morgan fingerprint density at radius 1 is 1.13 bits per heavy atom. The van der Waals surface area contributed by atoms with Crippen molar-refractivity contribution in [1.82, 2.24) is 0 Å². The number of rotatable bonds is 6. The number of nitrogens with two attached hydrogens (primary N) is 1. The van der Waals surface area contributed by atoms with Crippen molar-refractivity contribution in [3.05, 3.63) is 65.2 Å². The Bertz CT molecular complexity index is 697. The zero-order valence-corrected chi connectivity index (χ0v) is 12.9. The lowest BCUT2D eigenvalue weighted by molar-refractivity contribution is -0.146. The molecule has 0 aliphatic carbocycles. The van der Waals surface area contributed by atoms with Gasteiger partial charge in [-0.2, -0.15) is 0 Å². The first-order valence-electron chi connectivity index (χ1n) is 7.26. The number of ether oxygens (including phenoxy) is 1. The van der Waals surface area contributed by atoms with Crippen molar-refractivity contribution >= 4 is 11.8 Å². The lowest BCUT2D eigenvalue weighted by Gasteiger charge is -2.12. The molecule has 0 aliphatic heterocycles. The summed E-state index contributed by atoms with van der Waals surface area (Å²) in [7, 11) is 0. The summed E-state index contributed by atoms with van der Waals surface area (Å²) in [5.74, 6) is -0.836. The van der Waals surface area contributed by atoms with Crippen LogP contribution in [0, 0.1) is 0 Å². The number of Topliss-reactive ketones (excluding diaryl/α,β-unsaturated/α-hetero) is 1. The molecule has 0 amide bonds. The minimum absolute atomic E-state index is 0.0820. The second-order valence-corrected chi connectivity index (χ2v) is 5.31. The molecule has 0 radical (unpaired) electrons. The summed E-state index contributed by atoms with van der Waals surface area (Å²) in [6.45, 7) is 1.54. The van der Waals surface area contributed by atoms with Crippen LogP contribution in [-0.2, 0) is 22.6 Å². The number of phenols is 1. The van der Waals surface area contributed by atoms with Crippen LogP contribution in [0.1, 0.15) is 28.4 Å². The van der Waals surface area contributed by atoms with Crippen LogP contribution in [0.25, 0.3) is 0 Å². The van der Waals surface area contributed by atoms with E-state index in [2.05, 4.69) is 0 Å². The molecule has 2 aromatic rings. The lowest BCUT2D eigenvalue weighted by Crippen LogP contribution is -2.34. The van der Waals surface area contributed by atoms with Crippen molar-refractivity contribution in [2.75, 3.05) is 0 Å². The van der Waals surface area contributed by atoms with Crippen molar-refractivity contribution in [1.29, 1.82) is 0 Å². The summed E-state index contributed by atoms with van der Waals surface area (Å²) >= 11 is 0. The molecule has 0 spiro atoms. The van der Waals surface area contributed by atoms with E-state index in [-0.39, 0.29) is 30.1 Å². The summed E-state index contributed by atoms with van der Waals surface area (Å²) in [5, 5.41) is 9.62. The van der Waals surface area contributed by atoms with E-state index in [0.29, 0.717) is 5.56 Å². The first-order chi connectivity index (χ1) is 11.0. The third-order valence-corrected chi connectivity index (χ3v) is 3.42. The number of ketones is 1. The van der Waals surface area contributed by atoms with Gasteiger partial charge in [0.15, 0.2) is 5.78 Å². The van der Waals surface area contributed by atoms with Crippen molar-refractivity contribution in [3.63, 3.8) is 0 Å². The average Bonchev–Trinajstić information content (AvgIpc) is 2.55. The fourth-order valence-electron chi connectivity index (χ4n) is 2.17. The number of aromatic hydroxyl groups is 1. The van der Waals surface area contributed by atoms with Gasteiger partial charge in [-0.3, -0.25) is 9.59 Å². The molecule has 23 heavy (non-hydrogen) atoms. The summed E-state index contributed by atoms with van der Waals surface area (Å²) in [4.78, 5) is 23.4. The molecular formula is C18H19NO4. The van der Waals surface area contributed by atoms with E-state index in [1.54, 1.807) is 12.1 Å². The van der Waals surface area contributed by atoms with Gasteiger partial charge in [0.25, 0.3) is 0 Å².